The van der Waals surface area contributed by atoms with Crippen LogP contribution in [0.15, 0.2) is 30.5 Å². The molecule has 1 aromatic carbocycles. The lowest BCUT2D eigenvalue weighted by molar-refractivity contribution is 0.0795. The molecule has 1 N–H and O–H groups in total. The van der Waals surface area contributed by atoms with Crippen LogP contribution in [0.25, 0.3) is 10.8 Å². The molecule has 4 heteroatoms. The number of carbonyl (C=O) groups excluding carboxylic acids is 1. The van der Waals surface area contributed by atoms with Crippen LogP contribution in [0.3, 0.4) is 0 Å². The largest absolute Gasteiger partial charge is 0.373 e. The summed E-state index contributed by atoms with van der Waals surface area (Å²) < 4.78 is 0. The van der Waals surface area contributed by atoms with E-state index in [1.807, 2.05) is 38.4 Å². The topological polar surface area (TPSA) is 45.2 Å². The number of nitrogens with zero attached hydrogens (tertiary/aromatic N) is 2. The average molecular weight is 271 g/mol. The molecule has 0 aliphatic heterocycles. The van der Waals surface area contributed by atoms with Crippen molar-refractivity contribution in [3.8, 4) is 0 Å². The number of amides is 1. The molecule has 1 amide bonds. The third-order valence-electron chi connectivity index (χ3n) is 3.46. The summed E-state index contributed by atoms with van der Waals surface area (Å²) in [7, 11) is 3.68. The lowest BCUT2D eigenvalue weighted by atomic mass is 10.1. The fraction of sp³-hybridized carbons (Fsp3) is 0.375. The van der Waals surface area contributed by atoms with Gasteiger partial charge >= 0.3 is 0 Å². The fourth-order valence-corrected chi connectivity index (χ4v) is 2.26. The second kappa shape index (κ2) is 6.37. The van der Waals surface area contributed by atoms with E-state index in [1.165, 1.54) is 0 Å². The van der Waals surface area contributed by atoms with Crippen LogP contribution < -0.4 is 5.32 Å². The van der Waals surface area contributed by atoms with Crippen molar-refractivity contribution >= 4 is 22.5 Å². The minimum atomic E-state index is 0.0322. The molecule has 1 heterocycles. The molecule has 4 nitrogen and oxygen atoms in total. The number of carbonyl (C=O) groups is 1. The van der Waals surface area contributed by atoms with Gasteiger partial charge in [-0.3, -0.25) is 4.79 Å². The Morgan fingerprint density at radius 2 is 2.00 bits per heavy atom. The summed E-state index contributed by atoms with van der Waals surface area (Å²) in [5.74, 6) is 0.832. The molecule has 2 rings (SSSR count). The number of benzene rings is 1. The number of anilines is 1. The average Bonchev–Trinajstić information content (AvgIpc) is 2.50. The number of hydrogen-bond donors (Lipinski definition) is 1. The van der Waals surface area contributed by atoms with Crippen LogP contribution >= 0.6 is 0 Å². The van der Waals surface area contributed by atoms with E-state index in [9.17, 15) is 4.79 Å². The van der Waals surface area contributed by atoms with Crippen molar-refractivity contribution in [3.05, 3.63) is 36.0 Å². The molecule has 1 aromatic heterocycles. The van der Waals surface area contributed by atoms with Gasteiger partial charge < -0.3 is 10.2 Å². The molecule has 0 saturated carbocycles. The first-order valence-corrected chi connectivity index (χ1v) is 7.00. The highest BCUT2D eigenvalue weighted by Gasteiger charge is 2.16. The first-order valence-electron chi connectivity index (χ1n) is 7.00. The predicted octanol–water partition coefficient (Wildman–Crippen LogP) is 3.15. The molecule has 0 aliphatic carbocycles. The number of fused-ring (bicyclic) bond motifs is 1. The highest BCUT2D eigenvalue weighted by Crippen LogP contribution is 2.24. The van der Waals surface area contributed by atoms with Crippen molar-refractivity contribution in [2.75, 3.05) is 26.0 Å². The Morgan fingerprint density at radius 3 is 2.65 bits per heavy atom. The van der Waals surface area contributed by atoms with Gasteiger partial charge in [-0.2, -0.15) is 0 Å². The lowest BCUT2D eigenvalue weighted by Crippen LogP contribution is -2.28. The Labute approximate surface area is 119 Å². The zero-order valence-electron chi connectivity index (χ0n) is 12.3. The maximum Gasteiger partial charge on any atom is 0.255 e. The van der Waals surface area contributed by atoms with E-state index in [2.05, 4.69) is 17.2 Å². The number of unbranched alkanes of at least 4 members (excludes halogenated alkanes) is 1. The van der Waals surface area contributed by atoms with Crippen LogP contribution in [-0.4, -0.2) is 36.4 Å². The molecule has 2 aromatic rings. The molecule has 0 unspecified atom stereocenters. The van der Waals surface area contributed by atoms with Gasteiger partial charge in [0.25, 0.3) is 5.91 Å². The van der Waals surface area contributed by atoms with E-state index < -0.39 is 0 Å². The van der Waals surface area contributed by atoms with Crippen LogP contribution in [0.4, 0.5) is 5.82 Å². The Morgan fingerprint density at radius 1 is 1.30 bits per heavy atom. The molecule has 0 aliphatic rings. The second-order valence-electron chi connectivity index (χ2n) is 4.90. The smallest absolute Gasteiger partial charge is 0.255 e. The molecular weight excluding hydrogens is 250 g/mol. The van der Waals surface area contributed by atoms with Crippen LogP contribution in [0.1, 0.15) is 30.1 Å². The van der Waals surface area contributed by atoms with Crippen molar-refractivity contribution in [3.63, 3.8) is 0 Å². The van der Waals surface area contributed by atoms with Gasteiger partial charge in [0.15, 0.2) is 0 Å². The summed E-state index contributed by atoms with van der Waals surface area (Å²) in [5.41, 5.74) is 0.665. The van der Waals surface area contributed by atoms with Gasteiger partial charge in [-0.25, -0.2) is 4.98 Å². The summed E-state index contributed by atoms with van der Waals surface area (Å²) >= 11 is 0. The predicted molar refractivity (Wildman–Crippen MR) is 83.2 cm³/mol. The van der Waals surface area contributed by atoms with Gasteiger partial charge in [-0.05, 0) is 11.8 Å². The minimum Gasteiger partial charge on any atom is -0.373 e. The first-order chi connectivity index (χ1) is 9.69. The van der Waals surface area contributed by atoms with Gasteiger partial charge in [0, 0.05) is 32.2 Å². The SMILES string of the molecule is CCCCN(C)C(=O)c1cnc(NC)c2ccccc12. The molecular formula is C16H21N3O. The van der Waals surface area contributed by atoms with E-state index in [0.717, 1.165) is 36.0 Å². The summed E-state index contributed by atoms with van der Waals surface area (Å²) in [6.45, 7) is 2.90. The van der Waals surface area contributed by atoms with Gasteiger partial charge in [-0.1, -0.05) is 37.6 Å². The maximum atomic E-state index is 12.5. The molecule has 0 saturated heterocycles. The van der Waals surface area contributed by atoms with Crippen molar-refractivity contribution in [2.24, 2.45) is 0 Å². The first kappa shape index (κ1) is 14.3. The molecule has 0 fully saturated rings. The summed E-state index contributed by atoms with van der Waals surface area (Å²) in [5, 5.41) is 4.98. The summed E-state index contributed by atoms with van der Waals surface area (Å²) in [6, 6.07) is 7.86. The highest BCUT2D eigenvalue weighted by atomic mass is 16.2. The lowest BCUT2D eigenvalue weighted by Gasteiger charge is -2.18. The molecule has 0 atom stereocenters. The monoisotopic (exact) mass is 271 g/mol. The van der Waals surface area contributed by atoms with Crippen molar-refractivity contribution in [1.82, 2.24) is 9.88 Å². The number of rotatable bonds is 5. The van der Waals surface area contributed by atoms with Crippen molar-refractivity contribution in [1.29, 1.82) is 0 Å². The van der Waals surface area contributed by atoms with Crippen LogP contribution in [0.5, 0.6) is 0 Å². The van der Waals surface area contributed by atoms with E-state index in [4.69, 9.17) is 0 Å². The molecule has 106 valence electrons. The highest BCUT2D eigenvalue weighted by molar-refractivity contribution is 6.09. The van der Waals surface area contributed by atoms with Gasteiger partial charge in [0.2, 0.25) is 0 Å². The normalized spacial score (nSPS) is 10.6. The van der Waals surface area contributed by atoms with E-state index in [-0.39, 0.29) is 5.91 Å². The fourth-order valence-electron chi connectivity index (χ4n) is 2.26. The van der Waals surface area contributed by atoms with Gasteiger partial charge in [-0.15, -0.1) is 0 Å². The minimum absolute atomic E-state index is 0.0322. The number of aromatic nitrogens is 1. The standard InChI is InChI=1S/C16H21N3O/c1-4-5-10-19(3)16(20)14-11-18-15(17-2)13-9-7-6-8-12(13)14/h6-9,11H,4-5,10H2,1-3H3,(H,17,18). The number of pyridine rings is 1. The van der Waals surface area contributed by atoms with E-state index >= 15 is 0 Å². The third kappa shape index (κ3) is 2.74. The number of hydrogen-bond acceptors (Lipinski definition) is 3. The van der Waals surface area contributed by atoms with Crippen LogP contribution in [0.2, 0.25) is 0 Å². The molecule has 20 heavy (non-hydrogen) atoms. The maximum absolute atomic E-state index is 12.5. The van der Waals surface area contributed by atoms with E-state index in [0.29, 0.717) is 5.56 Å². The van der Waals surface area contributed by atoms with Crippen LogP contribution in [-0.2, 0) is 0 Å². The summed E-state index contributed by atoms with van der Waals surface area (Å²) in [6.07, 6.45) is 3.76. The quantitative estimate of drug-likeness (QED) is 0.908. The zero-order valence-corrected chi connectivity index (χ0v) is 12.3. The van der Waals surface area contributed by atoms with Crippen molar-refractivity contribution in [2.45, 2.75) is 19.8 Å². The van der Waals surface area contributed by atoms with Gasteiger partial charge in [0.05, 0.1) is 5.56 Å². The summed E-state index contributed by atoms with van der Waals surface area (Å²) in [4.78, 5) is 18.6. The Hall–Kier alpha value is -2.10. The Bertz CT molecular complexity index is 610. The Kier molecular flexibility index (Phi) is 4.56. The second-order valence-corrected chi connectivity index (χ2v) is 4.90. The molecule has 0 spiro atoms. The molecule has 0 bridgehead atoms. The van der Waals surface area contributed by atoms with Crippen LogP contribution in [0, 0.1) is 0 Å². The Balaban J connectivity index is 2.42. The van der Waals surface area contributed by atoms with Crippen molar-refractivity contribution < 1.29 is 4.79 Å². The third-order valence-corrected chi connectivity index (χ3v) is 3.46. The van der Waals surface area contributed by atoms with E-state index in [1.54, 1.807) is 11.1 Å². The molecule has 0 radical (unpaired) electrons. The zero-order chi connectivity index (χ0) is 14.5. The van der Waals surface area contributed by atoms with Gasteiger partial charge in [0.1, 0.15) is 5.82 Å². The number of nitrogens with one attached hydrogen (secondary N) is 1.